The molecule has 20 heavy (non-hydrogen) atoms. The third-order valence-electron chi connectivity index (χ3n) is 3.26. The number of fused-ring (bicyclic) bond motifs is 1. The zero-order valence-corrected chi connectivity index (χ0v) is 10.7. The van der Waals surface area contributed by atoms with E-state index in [1.165, 1.54) is 4.90 Å². The van der Waals surface area contributed by atoms with Crippen LogP contribution in [-0.2, 0) is 4.79 Å². The smallest absolute Gasteiger partial charge is 0.218 e. The number of carbonyl (C=O) groups excluding carboxylic acids is 1. The first-order chi connectivity index (χ1) is 9.81. The number of phenols is 1. The van der Waals surface area contributed by atoms with Gasteiger partial charge in [-0.25, -0.2) is 0 Å². The van der Waals surface area contributed by atoms with Gasteiger partial charge in [0.05, 0.1) is 5.69 Å². The third kappa shape index (κ3) is 1.99. The summed E-state index contributed by atoms with van der Waals surface area (Å²) in [5, 5.41) is 12.0. The van der Waals surface area contributed by atoms with Gasteiger partial charge >= 0.3 is 0 Å². The Bertz CT molecular complexity index is 753. The van der Waals surface area contributed by atoms with E-state index in [1.54, 1.807) is 6.07 Å². The summed E-state index contributed by atoms with van der Waals surface area (Å²) < 4.78 is 0. The number of phenolic OH excluding ortho intramolecular Hbond substituents is 1. The Morgan fingerprint density at radius 2 is 1.55 bits per heavy atom. The number of amides is 1. The molecule has 3 aromatic carbocycles. The Labute approximate surface area is 116 Å². The molecule has 1 amide bonds. The van der Waals surface area contributed by atoms with Crippen LogP contribution in [0.2, 0.25) is 0 Å². The van der Waals surface area contributed by atoms with Crippen LogP contribution in [0.5, 0.6) is 5.75 Å². The highest BCUT2D eigenvalue weighted by atomic mass is 16.3. The van der Waals surface area contributed by atoms with Gasteiger partial charge in [0.2, 0.25) is 6.41 Å². The Morgan fingerprint density at radius 1 is 0.850 bits per heavy atom. The molecule has 3 aromatic rings. The van der Waals surface area contributed by atoms with Gasteiger partial charge in [-0.3, -0.25) is 9.69 Å². The molecule has 3 nitrogen and oxygen atoms in total. The minimum Gasteiger partial charge on any atom is -0.506 e. The van der Waals surface area contributed by atoms with Crippen molar-refractivity contribution in [2.75, 3.05) is 4.90 Å². The highest BCUT2D eigenvalue weighted by Gasteiger charge is 2.15. The number of anilines is 2. The first kappa shape index (κ1) is 12.2. The lowest BCUT2D eigenvalue weighted by Crippen LogP contribution is -2.14. The van der Waals surface area contributed by atoms with Crippen molar-refractivity contribution in [2.45, 2.75) is 0 Å². The molecular weight excluding hydrogens is 250 g/mol. The maximum Gasteiger partial charge on any atom is 0.218 e. The third-order valence-corrected chi connectivity index (χ3v) is 3.26. The molecule has 0 unspecified atom stereocenters. The molecule has 0 aromatic heterocycles. The maximum absolute atomic E-state index is 11.5. The highest BCUT2D eigenvalue weighted by molar-refractivity contribution is 6.04. The van der Waals surface area contributed by atoms with E-state index in [4.69, 9.17) is 0 Å². The topological polar surface area (TPSA) is 40.5 Å². The summed E-state index contributed by atoms with van der Waals surface area (Å²) in [7, 11) is 0. The van der Waals surface area contributed by atoms with Crippen molar-refractivity contribution in [1.82, 2.24) is 0 Å². The maximum atomic E-state index is 11.5. The lowest BCUT2D eigenvalue weighted by molar-refractivity contribution is -0.106. The fourth-order valence-electron chi connectivity index (χ4n) is 2.33. The molecule has 0 saturated heterocycles. The van der Waals surface area contributed by atoms with Crippen molar-refractivity contribution >= 4 is 28.6 Å². The molecule has 0 saturated carbocycles. The van der Waals surface area contributed by atoms with E-state index in [0.29, 0.717) is 11.4 Å². The van der Waals surface area contributed by atoms with Gasteiger partial charge in [0, 0.05) is 11.1 Å². The summed E-state index contributed by atoms with van der Waals surface area (Å²) in [6.45, 7) is 0. The second-order valence-electron chi connectivity index (χ2n) is 4.47. The molecule has 0 aliphatic carbocycles. The largest absolute Gasteiger partial charge is 0.506 e. The van der Waals surface area contributed by atoms with E-state index >= 15 is 0 Å². The van der Waals surface area contributed by atoms with Crippen LogP contribution < -0.4 is 4.90 Å². The minimum atomic E-state index is 0.0830. The monoisotopic (exact) mass is 263 g/mol. The lowest BCUT2D eigenvalue weighted by Gasteiger charge is -2.20. The van der Waals surface area contributed by atoms with Crippen molar-refractivity contribution in [3.05, 3.63) is 66.7 Å². The van der Waals surface area contributed by atoms with Crippen LogP contribution in [0.3, 0.4) is 0 Å². The fraction of sp³-hybridized carbons (Fsp3) is 0. The van der Waals surface area contributed by atoms with Gasteiger partial charge in [-0.15, -0.1) is 0 Å². The number of hydrogen-bond acceptors (Lipinski definition) is 2. The van der Waals surface area contributed by atoms with Crippen LogP contribution in [0.25, 0.3) is 10.8 Å². The average molecular weight is 263 g/mol. The zero-order chi connectivity index (χ0) is 13.9. The average Bonchev–Trinajstić information content (AvgIpc) is 2.51. The van der Waals surface area contributed by atoms with E-state index in [1.807, 2.05) is 60.7 Å². The van der Waals surface area contributed by atoms with Gasteiger partial charge in [-0.1, -0.05) is 48.5 Å². The van der Waals surface area contributed by atoms with E-state index in [0.717, 1.165) is 17.2 Å². The van der Waals surface area contributed by atoms with Gasteiger partial charge in [-0.05, 0) is 23.6 Å². The van der Waals surface area contributed by atoms with Crippen molar-refractivity contribution in [3.63, 3.8) is 0 Å². The molecule has 0 atom stereocenters. The molecule has 0 aliphatic heterocycles. The molecule has 3 rings (SSSR count). The second-order valence-corrected chi connectivity index (χ2v) is 4.47. The predicted octanol–water partition coefficient (Wildman–Crippen LogP) is 3.84. The number of hydrogen-bond donors (Lipinski definition) is 1. The molecule has 3 heteroatoms. The molecule has 0 spiro atoms. The van der Waals surface area contributed by atoms with Crippen LogP contribution in [-0.4, -0.2) is 11.5 Å². The van der Waals surface area contributed by atoms with Gasteiger partial charge in [0.25, 0.3) is 0 Å². The van der Waals surface area contributed by atoms with Crippen molar-refractivity contribution in [3.8, 4) is 5.75 Å². The lowest BCUT2D eigenvalue weighted by atomic mass is 10.1. The molecule has 0 bridgehead atoms. The quantitative estimate of drug-likeness (QED) is 0.729. The van der Waals surface area contributed by atoms with E-state index in [2.05, 4.69) is 0 Å². The summed E-state index contributed by atoms with van der Waals surface area (Å²) >= 11 is 0. The van der Waals surface area contributed by atoms with Crippen molar-refractivity contribution < 1.29 is 9.90 Å². The van der Waals surface area contributed by atoms with Crippen LogP contribution in [0.1, 0.15) is 0 Å². The number of rotatable bonds is 3. The van der Waals surface area contributed by atoms with Crippen molar-refractivity contribution in [1.29, 1.82) is 0 Å². The van der Waals surface area contributed by atoms with E-state index in [9.17, 15) is 9.90 Å². The van der Waals surface area contributed by atoms with Crippen molar-refractivity contribution in [2.24, 2.45) is 0 Å². The second kappa shape index (κ2) is 5.05. The summed E-state index contributed by atoms with van der Waals surface area (Å²) in [4.78, 5) is 13.0. The Balaban J connectivity index is 2.27. The predicted molar refractivity (Wildman–Crippen MR) is 80.3 cm³/mol. The first-order valence-electron chi connectivity index (χ1n) is 6.31. The van der Waals surface area contributed by atoms with Crippen LogP contribution in [0.15, 0.2) is 66.7 Å². The molecular formula is C17H13NO2. The fourth-order valence-corrected chi connectivity index (χ4v) is 2.33. The summed E-state index contributed by atoms with van der Waals surface area (Å²) in [5.41, 5.74) is 1.22. The van der Waals surface area contributed by atoms with Crippen LogP contribution in [0, 0.1) is 0 Å². The number of carbonyl (C=O) groups is 1. The van der Waals surface area contributed by atoms with Crippen LogP contribution >= 0.6 is 0 Å². The van der Waals surface area contributed by atoms with Gasteiger partial charge in [-0.2, -0.15) is 0 Å². The standard InChI is InChI=1S/C17H13NO2/c19-12-18(14-7-2-1-3-8-14)17-15-9-5-4-6-13(15)10-11-16(17)20/h1-12,20H. The molecule has 0 fully saturated rings. The SMILES string of the molecule is O=CN(c1ccccc1)c1c(O)ccc2ccccc12. The van der Waals surface area contributed by atoms with Gasteiger partial charge in [0.15, 0.2) is 0 Å². The number of benzene rings is 3. The van der Waals surface area contributed by atoms with Gasteiger partial charge < -0.3 is 5.11 Å². The summed E-state index contributed by atoms with van der Waals surface area (Å²) in [6, 6.07) is 20.4. The Morgan fingerprint density at radius 3 is 2.30 bits per heavy atom. The zero-order valence-electron chi connectivity index (χ0n) is 10.7. The minimum absolute atomic E-state index is 0.0830. The highest BCUT2D eigenvalue weighted by Crippen LogP contribution is 2.38. The first-order valence-corrected chi connectivity index (χ1v) is 6.31. The summed E-state index contributed by atoms with van der Waals surface area (Å²) in [6.07, 6.45) is 0.719. The van der Waals surface area contributed by atoms with E-state index < -0.39 is 0 Å². The number of para-hydroxylation sites is 1. The molecule has 0 aliphatic rings. The molecule has 1 N–H and O–H groups in total. The number of nitrogens with zero attached hydrogens (tertiary/aromatic N) is 1. The summed E-state index contributed by atoms with van der Waals surface area (Å²) in [5.74, 6) is 0.0830. The normalized spacial score (nSPS) is 10.4. The van der Waals surface area contributed by atoms with Crippen LogP contribution in [0.4, 0.5) is 11.4 Å². The van der Waals surface area contributed by atoms with E-state index in [-0.39, 0.29) is 5.75 Å². The molecule has 0 radical (unpaired) electrons. The molecule has 98 valence electrons. The Kier molecular flexibility index (Phi) is 3.09. The Hall–Kier alpha value is -2.81. The van der Waals surface area contributed by atoms with Gasteiger partial charge in [0.1, 0.15) is 5.75 Å². The molecule has 0 heterocycles. The number of aromatic hydroxyl groups is 1.